The smallest absolute Gasteiger partial charge is 0.230 e. The molecule has 1 aromatic heterocycles. The first-order valence-corrected chi connectivity index (χ1v) is 8.07. The van der Waals surface area contributed by atoms with E-state index in [2.05, 4.69) is 4.98 Å². The van der Waals surface area contributed by atoms with Crippen molar-refractivity contribution in [3.63, 3.8) is 0 Å². The summed E-state index contributed by atoms with van der Waals surface area (Å²) >= 11 is 0. The Bertz CT molecular complexity index is 714. The number of aliphatic hydroxyl groups excluding tert-OH is 2. The van der Waals surface area contributed by atoms with Crippen LogP contribution in [0.4, 0.5) is 0 Å². The molecule has 2 N–H and O–H groups in total. The van der Waals surface area contributed by atoms with Crippen LogP contribution in [0.15, 0.2) is 16.5 Å². The zero-order valence-corrected chi connectivity index (χ0v) is 15.4. The molecule has 0 aliphatic rings. The molecule has 0 aliphatic carbocycles. The number of nitrogens with zero attached hydrogens (tertiary/aromatic N) is 2. The third-order valence-corrected chi connectivity index (χ3v) is 4.06. The minimum atomic E-state index is -0.777. The van der Waals surface area contributed by atoms with Crippen molar-refractivity contribution >= 4 is 0 Å². The summed E-state index contributed by atoms with van der Waals surface area (Å²) in [5.41, 5.74) is 2.41. The fourth-order valence-electron chi connectivity index (χ4n) is 2.75. The van der Waals surface area contributed by atoms with Crippen molar-refractivity contribution in [1.29, 1.82) is 0 Å². The molecule has 1 atom stereocenters. The second kappa shape index (κ2) is 8.33. The molecule has 7 heteroatoms. The maximum absolute atomic E-state index is 9.54. The van der Waals surface area contributed by atoms with Gasteiger partial charge in [-0.15, -0.1) is 0 Å². The SMILES string of the molecule is COc1ccc(-c2nc(CN(C)CC(O)CO)c(C)o2)c(OC)c1C. The van der Waals surface area contributed by atoms with Crippen LogP contribution in [0.1, 0.15) is 17.0 Å². The number of ether oxygens (including phenoxy) is 2. The number of aliphatic hydroxyl groups is 2. The molecule has 2 rings (SSSR count). The summed E-state index contributed by atoms with van der Waals surface area (Å²) in [6.45, 7) is 4.36. The lowest BCUT2D eigenvalue weighted by Crippen LogP contribution is -2.31. The predicted molar refractivity (Wildman–Crippen MR) is 93.9 cm³/mol. The first-order valence-electron chi connectivity index (χ1n) is 8.07. The average Bonchev–Trinajstić information content (AvgIpc) is 2.94. The summed E-state index contributed by atoms with van der Waals surface area (Å²) in [6, 6.07) is 3.72. The Kier molecular flexibility index (Phi) is 6.41. The largest absolute Gasteiger partial charge is 0.496 e. The summed E-state index contributed by atoms with van der Waals surface area (Å²) in [5.74, 6) is 2.58. The topological polar surface area (TPSA) is 88.2 Å². The van der Waals surface area contributed by atoms with Crippen LogP contribution >= 0.6 is 0 Å². The van der Waals surface area contributed by atoms with Gasteiger partial charge in [-0.1, -0.05) is 0 Å². The minimum Gasteiger partial charge on any atom is -0.496 e. The zero-order chi connectivity index (χ0) is 18.6. The number of aryl methyl sites for hydroxylation is 1. The number of aromatic nitrogens is 1. The van der Waals surface area contributed by atoms with Gasteiger partial charge in [0.1, 0.15) is 17.3 Å². The molecule has 0 saturated heterocycles. The van der Waals surface area contributed by atoms with Crippen LogP contribution in [0.2, 0.25) is 0 Å². The lowest BCUT2D eigenvalue weighted by Gasteiger charge is -2.18. The van der Waals surface area contributed by atoms with Gasteiger partial charge >= 0.3 is 0 Å². The van der Waals surface area contributed by atoms with Crippen LogP contribution in [0.5, 0.6) is 11.5 Å². The fourth-order valence-corrected chi connectivity index (χ4v) is 2.75. The quantitative estimate of drug-likeness (QED) is 0.750. The van der Waals surface area contributed by atoms with Crippen molar-refractivity contribution in [1.82, 2.24) is 9.88 Å². The van der Waals surface area contributed by atoms with Crippen molar-refractivity contribution in [2.45, 2.75) is 26.5 Å². The molecule has 0 saturated carbocycles. The maximum atomic E-state index is 9.54. The molecule has 0 bridgehead atoms. The number of hydrogen-bond donors (Lipinski definition) is 2. The molecule has 1 heterocycles. The molecular weight excluding hydrogens is 324 g/mol. The molecule has 2 aromatic rings. The Morgan fingerprint density at radius 2 is 1.96 bits per heavy atom. The Morgan fingerprint density at radius 3 is 2.56 bits per heavy atom. The summed E-state index contributed by atoms with van der Waals surface area (Å²) in [6.07, 6.45) is -0.777. The van der Waals surface area contributed by atoms with Crippen LogP contribution in [0, 0.1) is 13.8 Å². The van der Waals surface area contributed by atoms with Crippen LogP contribution in [-0.4, -0.2) is 60.6 Å². The molecule has 138 valence electrons. The van der Waals surface area contributed by atoms with Gasteiger partial charge < -0.3 is 24.1 Å². The Hall–Kier alpha value is -2.09. The van der Waals surface area contributed by atoms with E-state index in [0.717, 1.165) is 22.6 Å². The first kappa shape index (κ1) is 19.2. The van der Waals surface area contributed by atoms with E-state index >= 15 is 0 Å². The third kappa shape index (κ3) is 4.31. The number of benzene rings is 1. The van der Waals surface area contributed by atoms with E-state index in [0.29, 0.717) is 30.5 Å². The lowest BCUT2D eigenvalue weighted by atomic mass is 10.1. The van der Waals surface area contributed by atoms with Gasteiger partial charge in [0.05, 0.1) is 38.2 Å². The van der Waals surface area contributed by atoms with E-state index in [4.69, 9.17) is 19.0 Å². The van der Waals surface area contributed by atoms with Crippen LogP contribution < -0.4 is 9.47 Å². The summed E-state index contributed by atoms with van der Waals surface area (Å²) < 4.78 is 16.7. The molecule has 0 fully saturated rings. The second-order valence-corrected chi connectivity index (χ2v) is 6.03. The minimum absolute atomic E-state index is 0.268. The van der Waals surface area contributed by atoms with Gasteiger partial charge in [0.2, 0.25) is 5.89 Å². The summed E-state index contributed by atoms with van der Waals surface area (Å²) in [4.78, 5) is 6.47. The Morgan fingerprint density at radius 1 is 1.24 bits per heavy atom. The Balaban J connectivity index is 2.29. The van der Waals surface area contributed by atoms with E-state index in [-0.39, 0.29) is 6.61 Å². The van der Waals surface area contributed by atoms with E-state index in [1.165, 1.54) is 0 Å². The van der Waals surface area contributed by atoms with Gasteiger partial charge in [-0.25, -0.2) is 4.98 Å². The van der Waals surface area contributed by atoms with Crippen LogP contribution in [0.25, 0.3) is 11.5 Å². The zero-order valence-electron chi connectivity index (χ0n) is 15.4. The highest BCUT2D eigenvalue weighted by atomic mass is 16.5. The van der Waals surface area contributed by atoms with Crippen molar-refractivity contribution in [3.8, 4) is 23.0 Å². The van der Waals surface area contributed by atoms with Gasteiger partial charge in [-0.05, 0) is 33.0 Å². The molecule has 7 nitrogen and oxygen atoms in total. The van der Waals surface area contributed by atoms with Gasteiger partial charge in [-0.3, -0.25) is 4.90 Å². The Labute approximate surface area is 147 Å². The highest BCUT2D eigenvalue weighted by Crippen LogP contribution is 2.37. The standard InChI is InChI=1S/C18H26N2O5/c1-11-16(23-4)7-6-14(17(11)24-5)18-19-15(12(2)25-18)9-20(3)8-13(22)10-21/h6-7,13,21-22H,8-10H2,1-5H3. The van der Waals surface area contributed by atoms with Crippen LogP contribution in [-0.2, 0) is 6.54 Å². The number of likely N-dealkylation sites (N-methyl/N-ethyl adjacent to an activating group) is 1. The summed E-state index contributed by atoms with van der Waals surface area (Å²) in [5, 5.41) is 18.5. The van der Waals surface area contributed by atoms with E-state index in [9.17, 15) is 5.11 Å². The molecule has 0 aliphatic heterocycles. The van der Waals surface area contributed by atoms with Gasteiger partial charge in [0.15, 0.2) is 0 Å². The molecule has 0 radical (unpaired) electrons. The van der Waals surface area contributed by atoms with E-state index < -0.39 is 6.10 Å². The number of rotatable bonds is 8. The van der Waals surface area contributed by atoms with Crippen LogP contribution in [0.3, 0.4) is 0 Å². The van der Waals surface area contributed by atoms with E-state index in [1.54, 1.807) is 14.2 Å². The first-order chi connectivity index (χ1) is 11.9. The van der Waals surface area contributed by atoms with Gasteiger partial charge in [0.25, 0.3) is 0 Å². The normalized spacial score (nSPS) is 12.5. The number of methoxy groups -OCH3 is 2. The van der Waals surface area contributed by atoms with Crippen molar-refractivity contribution in [2.24, 2.45) is 0 Å². The van der Waals surface area contributed by atoms with Gasteiger partial charge in [-0.2, -0.15) is 0 Å². The highest BCUT2D eigenvalue weighted by molar-refractivity contribution is 5.68. The highest BCUT2D eigenvalue weighted by Gasteiger charge is 2.20. The summed E-state index contributed by atoms with van der Waals surface area (Å²) in [7, 11) is 5.07. The second-order valence-electron chi connectivity index (χ2n) is 6.03. The monoisotopic (exact) mass is 350 g/mol. The molecule has 0 amide bonds. The number of hydrogen-bond acceptors (Lipinski definition) is 7. The predicted octanol–water partition coefficient (Wildman–Crippen LogP) is 1.76. The average molecular weight is 350 g/mol. The maximum Gasteiger partial charge on any atom is 0.230 e. The van der Waals surface area contributed by atoms with Crippen molar-refractivity contribution in [2.75, 3.05) is 34.4 Å². The fraction of sp³-hybridized carbons (Fsp3) is 0.500. The number of oxazole rings is 1. The molecule has 1 aromatic carbocycles. The van der Waals surface area contributed by atoms with Crippen molar-refractivity contribution < 1.29 is 24.1 Å². The lowest BCUT2D eigenvalue weighted by molar-refractivity contribution is 0.0644. The molecular formula is C18H26N2O5. The molecule has 1 unspecified atom stereocenters. The van der Waals surface area contributed by atoms with Crippen molar-refractivity contribution in [3.05, 3.63) is 29.2 Å². The molecule has 0 spiro atoms. The van der Waals surface area contributed by atoms with E-state index in [1.807, 2.05) is 37.9 Å². The van der Waals surface area contributed by atoms with Gasteiger partial charge in [0, 0.05) is 18.7 Å². The molecule has 25 heavy (non-hydrogen) atoms. The third-order valence-electron chi connectivity index (χ3n) is 4.06.